The van der Waals surface area contributed by atoms with E-state index in [1.165, 1.54) is 0 Å². The van der Waals surface area contributed by atoms with Gasteiger partial charge in [0.15, 0.2) is 0 Å². The standard InChI is InChI=1S/C20H23N3O2/c21-17-11-12-23(14-17)19(24)13-18(15-7-3-1-4-8-15)22-20(25)16-9-5-2-6-10-16/h1-10,17-18H,11-14,21H2,(H,22,25)/t17-,18?/m1/s1. The van der Waals surface area contributed by atoms with Gasteiger partial charge in [-0.05, 0) is 24.1 Å². The molecular weight excluding hydrogens is 314 g/mol. The number of hydrogen-bond donors (Lipinski definition) is 2. The third kappa shape index (κ3) is 4.45. The molecule has 1 heterocycles. The summed E-state index contributed by atoms with van der Waals surface area (Å²) in [7, 11) is 0. The molecule has 2 atom stereocenters. The highest BCUT2D eigenvalue weighted by Gasteiger charge is 2.27. The molecule has 0 radical (unpaired) electrons. The quantitative estimate of drug-likeness (QED) is 0.877. The molecule has 5 nitrogen and oxygen atoms in total. The lowest BCUT2D eigenvalue weighted by Gasteiger charge is -2.22. The minimum Gasteiger partial charge on any atom is -0.345 e. The Balaban J connectivity index is 1.74. The van der Waals surface area contributed by atoms with Crippen LogP contribution in [0.3, 0.4) is 0 Å². The Kier molecular flexibility index (Phi) is 5.46. The van der Waals surface area contributed by atoms with E-state index in [0.717, 1.165) is 12.0 Å². The lowest BCUT2D eigenvalue weighted by molar-refractivity contribution is -0.130. The first-order valence-electron chi connectivity index (χ1n) is 8.57. The molecule has 5 heteroatoms. The molecule has 25 heavy (non-hydrogen) atoms. The zero-order chi connectivity index (χ0) is 17.6. The second kappa shape index (κ2) is 7.94. The number of benzene rings is 2. The van der Waals surface area contributed by atoms with Crippen LogP contribution in [0.25, 0.3) is 0 Å². The molecule has 0 spiro atoms. The molecule has 0 aliphatic carbocycles. The fourth-order valence-corrected chi connectivity index (χ4v) is 3.09. The van der Waals surface area contributed by atoms with Crippen molar-refractivity contribution in [1.82, 2.24) is 10.2 Å². The molecule has 130 valence electrons. The van der Waals surface area contributed by atoms with E-state index in [9.17, 15) is 9.59 Å². The van der Waals surface area contributed by atoms with E-state index in [-0.39, 0.29) is 30.3 Å². The maximum atomic E-state index is 12.6. The Morgan fingerprint density at radius 1 is 1.08 bits per heavy atom. The zero-order valence-corrected chi connectivity index (χ0v) is 14.1. The molecule has 1 aliphatic rings. The van der Waals surface area contributed by atoms with E-state index in [0.29, 0.717) is 18.7 Å². The predicted molar refractivity (Wildman–Crippen MR) is 96.9 cm³/mol. The van der Waals surface area contributed by atoms with E-state index < -0.39 is 0 Å². The van der Waals surface area contributed by atoms with E-state index in [1.54, 1.807) is 17.0 Å². The van der Waals surface area contributed by atoms with Gasteiger partial charge in [0.05, 0.1) is 12.5 Å². The fourth-order valence-electron chi connectivity index (χ4n) is 3.09. The van der Waals surface area contributed by atoms with Crippen molar-refractivity contribution in [3.05, 3.63) is 71.8 Å². The van der Waals surface area contributed by atoms with Gasteiger partial charge in [-0.3, -0.25) is 9.59 Å². The number of hydrogen-bond acceptors (Lipinski definition) is 3. The van der Waals surface area contributed by atoms with E-state index >= 15 is 0 Å². The van der Waals surface area contributed by atoms with Gasteiger partial charge >= 0.3 is 0 Å². The number of nitrogens with two attached hydrogens (primary N) is 1. The number of nitrogens with one attached hydrogen (secondary N) is 1. The van der Waals surface area contributed by atoms with Crippen molar-refractivity contribution in [2.75, 3.05) is 13.1 Å². The van der Waals surface area contributed by atoms with Crippen molar-refractivity contribution in [3.63, 3.8) is 0 Å². The summed E-state index contributed by atoms with van der Waals surface area (Å²) in [5, 5.41) is 3.00. The summed E-state index contributed by atoms with van der Waals surface area (Å²) in [5.41, 5.74) is 7.40. The smallest absolute Gasteiger partial charge is 0.251 e. The molecule has 0 bridgehead atoms. The molecule has 2 amide bonds. The van der Waals surface area contributed by atoms with Crippen LogP contribution < -0.4 is 11.1 Å². The predicted octanol–water partition coefficient (Wildman–Crippen LogP) is 2.11. The van der Waals surface area contributed by atoms with Gasteiger partial charge in [-0.15, -0.1) is 0 Å². The second-order valence-corrected chi connectivity index (χ2v) is 6.40. The van der Waals surface area contributed by atoms with Crippen LogP contribution in [0.2, 0.25) is 0 Å². The van der Waals surface area contributed by atoms with Crippen LogP contribution in [-0.2, 0) is 4.79 Å². The molecule has 1 saturated heterocycles. The van der Waals surface area contributed by atoms with E-state index in [2.05, 4.69) is 5.32 Å². The normalized spacial score (nSPS) is 18.0. The number of nitrogens with zero attached hydrogens (tertiary/aromatic N) is 1. The molecule has 3 rings (SSSR count). The van der Waals surface area contributed by atoms with Crippen molar-refractivity contribution < 1.29 is 9.59 Å². The van der Waals surface area contributed by atoms with Gasteiger partial charge in [-0.25, -0.2) is 0 Å². The molecule has 1 unspecified atom stereocenters. The minimum absolute atomic E-state index is 0.0233. The largest absolute Gasteiger partial charge is 0.345 e. The zero-order valence-electron chi connectivity index (χ0n) is 14.1. The van der Waals surface area contributed by atoms with Crippen LogP contribution in [0.15, 0.2) is 60.7 Å². The van der Waals surface area contributed by atoms with Crippen molar-refractivity contribution in [1.29, 1.82) is 0 Å². The summed E-state index contributed by atoms with van der Waals surface area (Å²) in [6.07, 6.45) is 1.06. The van der Waals surface area contributed by atoms with Gasteiger partial charge < -0.3 is 16.0 Å². The van der Waals surface area contributed by atoms with Crippen LogP contribution in [0.4, 0.5) is 0 Å². The van der Waals surface area contributed by atoms with Gasteiger partial charge in [-0.2, -0.15) is 0 Å². The van der Waals surface area contributed by atoms with Crippen molar-refractivity contribution in [3.8, 4) is 0 Å². The van der Waals surface area contributed by atoms with Gasteiger partial charge in [0.25, 0.3) is 5.91 Å². The highest BCUT2D eigenvalue weighted by Crippen LogP contribution is 2.20. The highest BCUT2D eigenvalue weighted by atomic mass is 16.2. The molecule has 1 aliphatic heterocycles. The average Bonchev–Trinajstić information content (AvgIpc) is 3.09. The number of amides is 2. The number of carbonyl (C=O) groups excluding carboxylic acids is 2. The third-order valence-electron chi connectivity index (χ3n) is 4.50. The number of rotatable bonds is 5. The van der Waals surface area contributed by atoms with Gasteiger partial charge in [0.2, 0.25) is 5.91 Å². The maximum absolute atomic E-state index is 12.6. The lowest BCUT2D eigenvalue weighted by atomic mass is 10.0. The SMILES string of the molecule is N[C@@H]1CCN(C(=O)CC(NC(=O)c2ccccc2)c2ccccc2)C1. The van der Waals surface area contributed by atoms with Crippen LogP contribution in [0.1, 0.15) is 34.8 Å². The molecule has 2 aromatic carbocycles. The van der Waals surface area contributed by atoms with Crippen molar-refractivity contribution >= 4 is 11.8 Å². The summed E-state index contributed by atoms with van der Waals surface area (Å²) in [6.45, 7) is 1.28. The molecule has 0 aromatic heterocycles. The minimum atomic E-state index is -0.363. The van der Waals surface area contributed by atoms with Crippen LogP contribution in [0.5, 0.6) is 0 Å². The molecule has 2 aromatic rings. The average molecular weight is 337 g/mol. The first-order chi connectivity index (χ1) is 12.1. The summed E-state index contributed by atoms with van der Waals surface area (Å²) in [5.74, 6) is -0.157. The van der Waals surface area contributed by atoms with Crippen molar-refractivity contribution in [2.45, 2.75) is 24.9 Å². The molecule has 3 N–H and O–H groups in total. The van der Waals surface area contributed by atoms with Gasteiger partial charge in [-0.1, -0.05) is 48.5 Å². The number of likely N-dealkylation sites (tertiary alicyclic amines) is 1. The Labute approximate surface area is 147 Å². The van der Waals surface area contributed by atoms with Crippen LogP contribution in [-0.4, -0.2) is 35.8 Å². The fraction of sp³-hybridized carbons (Fsp3) is 0.300. The Morgan fingerprint density at radius 3 is 2.32 bits per heavy atom. The second-order valence-electron chi connectivity index (χ2n) is 6.40. The summed E-state index contributed by atoms with van der Waals surface area (Å²) >= 11 is 0. The Hall–Kier alpha value is -2.66. The first-order valence-corrected chi connectivity index (χ1v) is 8.57. The molecular formula is C20H23N3O2. The van der Waals surface area contributed by atoms with E-state index in [4.69, 9.17) is 5.73 Å². The van der Waals surface area contributed by atoms with Crippen LogP contribution >= 0.6 is 0 Å². The summed E-state index contributed by atoms with van der Waals surface area (Å²) in [6, 6.07) is 18.3. The van der Waals surface area contributed by atoms with Gasteiger partial charge in [0, 0.05) is 24.7 Å². The lowest BCUT2D eigenvalue weighted by Crippen LogP contribution is -2.36. The van der Waals surface area contributed by atoms with Crippen molar-refractivity contribution in [2.24, 2.45) is 5.73 Å². The molecule has 1 fully saturated rings. The first kappa shape index (κ1) is 17.2. The third-order valence-corrected chi connectivity index (χ3v) is 4.50. The van der Waals surface area contributed by atoms with Gasteiger partial charge in [0.1, 0.15) is 0 Å². The maximum Gasteiger partial charge on any atom is 0.251 e. The monoisotopic (exact) mass is 337 g/mol. The summed E-state index contributed by atoms with van der Waals surface area (Å²) in [4.78, 5) is 26.9. The van der Waals surface area contributed by atoms with E-state index in [1.807, 2.05) is 48.5 Å². The Bertz CT molecular complexity index is 718. The van der Waals surface area contributed by atoms with Crippen LogP contribution in [0, 0.1) is 0 Å². The Morgan fingerprint density at radius 2 is 1.72 bits per heavy atom. The summed E-state index contributed by atoms with van der Waals surface area (Å²) < 4.78 is 0. The topological polar surface area (TPSA) is 75.4 Å². The highest BCUT2D eigenvalue weighted by molar-refractivity contribution is 5.94. The molecule has 0 saturated carbocycles. The number of carbonyl (C=O) groups is 2.